The fourth-order valence-corrected chi connectivity index (χ4v) is 6.30. The van der Waals surface area contributed by atoms with Crippen LogP contribution in [0.5, 0.6) is 0 Å². The fourth-order valence-electron chi connectivity index (χ4n) is 3.78. The molecule has 0 radical (unpaired) electrons. The third-order valence-electron chi connectivity index (χ3n) is 4.95. The van der Waals surface area contributed by atoms with Crippen molar-refractivity contribution < 1.29 is 14.0 Å². The summed E-state index contributed by atoms with van der Waals surface area (Å²) in [6, 6.07) is 8.89. The summed E-state index contributed by atoms with van der Waals surface area (Å²) in [7, 11) is 0. The Hall–Kier alpha value is -2.78. The van der Waals surface area contributed by atoms with Crippen molar-refractivity contribution in [3.8, 4) is 0 Å². The molecule has 2 aliphatic rings. The van der Waals surface area contributed by atoms with Gasteiger partial charge in [0.25, 0.3) is 0 Å². The Bertz CT molecular complexity index is 1140. The number of benzene rings is 1. The second-order valence-corrected chi connectivity index (χ2v) is 8.69. The SMILES string of the molecule is O=C1[C@H]2[C@H](c3cccnc3)c3sc(=O)[nH]c3S[C@H]2C(=O)N1c1ccc(F)cc1. The standard InChI is InChI=1S/C19H12FN3O3S2/c20-10-3-5-11(6-4-10)23-17(24)13-12(9-2-1-7-21-8-9)14-16(22-19(26)28-14)27-15(13)18(23)25/h1-8,12-13,15H,(H,22,26)/t12-,13-,15+/m0/s1. The number of anilines is 1. The van der Waals surface area contributed by atoms with Crippen LogP contribution < -0.4 is 9.77 Å². The lowest BCUT2D eigenvalue weighted by Gasteiger charge is -2.29. The highest BCUT2D eigenvalue weighted by Crippen LogP contribution is 2.52. The molecule has 3 aromatic rings. The molecule has 140 valence electrons. The number of thioether (sulfide) groups is 1. The van der Waals surface area contributed by atoms with Crippen LogP contribution in [-0.2, 0) is 9.59 Å². The molecule has 6 nitrogen and oxygen atoms in total. The maximum atomic E-state index is 13.3. The largest absolute Gasteiger partial charge is 0.307 e. The zero-order valence-electron chi connectivity index (χ0n) is 14.2. The van der Waals surface area contributed by atoms with Gasteiger partial charge in [-0.1, -0.05) is 29.2 Å². The van der Waals surface area contributed by atoms with Crippen LogP contribution in [0.2, 0.25) is 0 Å². The highest BCUT2D eigenvalue weighted by atomic mass is 32.2. The number of H-pyrrole nitrogens is 1. The van der Waals surface area contributed by atoms with Gasteiger partial charge in [-0.25, -0.2) is 9.29 Å². The first kappa shape index (κ1) is 17.3. The van der Waals surface area contributed by atoms with Crippen LogP contribution in [0.1, 0.15) is 16.4 Å². The maximum Gasteiger partial charge on any atom is 0.305 e. The van der Waals surface area contributed by atoms with Crippen molar-refractivity contribution in [2.45, 2.75) is 16.2 Å². The van der Waals surface area contributed by atoms with Gasteiger partial charge in [0.05, 0.1) is 16.6 Å². The van der Waals surface area contributed by atoms with Gasteiger partial charge in [-0.2, -0.15) is 0 Å². The second-order valence-electron chi connectivity index (χ2n) is 6.52. The molecule has 0 spiro atoms. The minimum atomic E-state index is -0.666. The molecule has 1 saturated heterocycles. The Morgan fingerprint density at radius 3 is 2.57 bits per heavy atom. The van der Waals surface area contributed by atoms with Crippen molar-refractivity contribution in [3.05, 3.63) is 74.7 Å². The first-order valence-corrected chi connectivity index (χ1v) is 10.2. The Labute approximate surface area is 166 Å². The van der Waals surface area contributed by atoms with E-state index in [1.54, 1.807) is 18.5 Å². The molecule has 1 N–H and O–H groups in total. The number of fused-ring (bicyclic) bond motifs is 2. The maximum absolute atomic E-state index is 13.3. The number of hydrogen-bond donors (Lipinski definition) is 1. The lowest BCUT2D eigenvalue weighted by atomic mass is 9.84. The van der Waals surface area contributed by atoms with Gasteiger partial charge in [-0.3, -0.25) is 19.4 Å². The van der Waals surface area contributed by atoms with Gasteiger partial charge in [-0.05, 0) is 35.9 Å². The molecule has 4 heterocycles. The number of aromatic nitrogens is 2. The number of pyridine rings is 1. The van der Waals surface area contributed by atoms with Crippen LogP contribution in [0.15, 0.2) is 58.6 Å². The lowest BCUT2D eigenvalue weighted by molar-refractivity contribution is -0.122. The number of imide groups is 1. The second kappa shape index (κ2) is 6.39. The summed E-state index contributed by atoms with van der Waals surface area (Å²) < 4.78 is 13.3. The summed E-state index contributed by atoms with van der Waals surface area (Å²) in [6.07, 6.45) is 3.29. The smallest absolute Gasteiger partial charge is 0.305 e. The molecule has 1 aromatic carbocycles. The Kier molecular flexibility index (Phi) is 3.95. The number of halogens is 1. The molecule has 2 aromatic heterocycles. The van der Waals surface area contributed by atoms with E-state index in [9.17, 15) is 18.8 Å². The van der Waals surface area contributed by atoms with Crippen molar-refractivity contribution in [1.29, 1.82) is 0 Å². The molecule has 0 saturated carbocycles. The normalized spacial score (nSPS) is 23.6. The number of aromatic amines is 1. The van der Waals surface area contributed by atoms with E-state index in [0.29, 0.717) is 10.7 Å². The number of carbonyl (C=O) groups excluding carboxylic acids is 2. The number of carbonyl (C=O) groups is 2. The molecule has 0 bridgehead atoms. The van der Waals surface area contributed by atoms with Gasteiger partial charge in [0.1, 0.15) is 11.1 Å². The Morgan fingerprint density at radius 1 is 1.07 bits per heavy atom. The molecule has 1 fully saturated rings. The first-order chi connectivity index (χ1) is 13.5. The van der Waals surface area contributed by atoms with Gasteiger partial charge in [0.2, 0.25) is 11.8 Å². The summed E-state index contributed by atoms with van der Waals surface area (Å²) in [6.45, 7) is 0. The van der Waals surface area contributed by atoms with Crippen molar-refractivity contribution in [2.24, 2.45) is 5.92 Å². The van der Waals surface area contributed by atoms with E-state index in [4.69, 9.17) is 0 Å². The highest BCUT2D eigenvalue weighted by Gasteiger charge is 2.56. The molecular weight excluding hydrogens is 401 g/mol. The summed E-state index contributed by atoms with van der Waals surface area (Å²) in [5.74, 6) is -2.26. The minimum absolute atomic E-state index is 0.221. The molecule has 3 atom stereocenters. The number of rotatable bonds is 2. The van der Waals surface area contributed by atoms with E-state index in [2.05, 4.69) is 9.97 Å². The summed E-state index contributed by atoms with van der Waals surface area (Å²) in [4.78, 5) is 47.0. The number of thiazole rings is 1. The average molecular weight is 413 g/mol. The molecular formula is C19H12FN3O3S2. The molecule has 5 rings (SSSR count). The van der Waals surface area contributed by atoms with Crippen molar-refractivity contribution in [2.75, 3.05) is 4.90 Å². The quantitative estimate of drug-likeness (QED) is 0.654. The summed E-state index contributed by atoms with van der Waals surface area (Å²) >= 11 is 2.26. The van der Waals surface area contributed by atoms with Gasteiger partial charge >= 0.3 is 4.87 Å². The summed E-state index contributed by atoms with van der Waals surface area (Å²) in [5.41, 5.74) is 1.12. The van der Waals surface area contributed by atoms with Gasteiger partial charge in [0, 0.05) is 23.2 Å². The van der Waals surface area contributed by atoms with E-state index in [1.807, 2.05) is 6.07 Å². The molecule has 9 heteroatoms. The predicted octanol–water partition coefficient (Wildman–Crippen LogP) is 2.77. The van der Waals surface area contributed by atoms with Gasteiger partial charge in [0.15, 0.2) is 0 Å². The number of nitrogens with one attached hydrogen (secondary N) is 1. The van der Waals surface area contributed by atoms with E-state index >= 15 is 0 Å². The molecule has 2 aliphatic heterocycles. The monoisotopic (exact) mass is 413 g/mol. The van der Waals surface area contributed by atoms with Crippen LogP contribution in [0.25, 0.3) is 0 Å². The third-order valence-corrected chi connectivity index (χ3v) is 7.35. The zero-order chi connectivity index (χ0) is 19.4. The van der Waals surface area contributed by atoms with E-state index in [0.717, 1.165) is 26.7 Å². The van der Waals surface area contributed by atoms with Crippen LogP contribution in [-0.4, -0.2) is 27.0 Å². The van der Waals surface area contributed by atoms with Crippen molar-refractivity contribution in [1.82, 2.24) is 9.97 Å². The Morgan fingerprint density at radius 2 is 1.86 bits per heavy atom. The number of hydrogen-bond acceptors (Lipinski definition) is 6. The van der Waals surface area contributed by atoms with Gasteiger partial charge < -0.3 is 4.98 Å². The molecule has 0 aliphatic carbocycles. The average Bonchev–Trinajstić information content (AvgIpc) is 3.18. The molecule has 28 heavy (non-hydrogen) atoms. The highest BCUT2D eigenvalue weighted by molar-refractivity contribution is 8.00. The van der Waals surface area contributed by atoms with Crippen LogP contribution in [0.3, 0.4) is 0 Å². The van der Waals surface area contributed by atoms with E-state index in [-0.39, 0.29) is 16.7 Å². The first-order valence-electron chi connectivity index (χ1n) is 8.47. The van der Waals surface area contributed by atoms with Crippen molar-refractivity contribution in [3.63, 3.8) is 0 Å². The topological polar surface area (TPSA) is 83.1 Å². The lowest BCUT2D eigenvalue weighted by Crippen LogP contribution is -2.32. The Balaban J connectivity index is 1.65. The van der Waals surface area contributed by atoms with Gasteiger partial charge in [-0.15, -0.1) is 0 Å². The number of amides is 2. The molecule has 0 unspecified atom stereocenters. The van der Waals surface area contributed by atoms with E-state index < -0.39 is 22.9 Å². The summed E-state index contributed by atoms with van der Waals surface area (Å²) in [5, 5.41) is -0.0484. The fraction of sp³-hybridized carbons (Fsp3) is 0.158. The number of nitrogens with zero attached hydrogens (tertiary/aromatic N) is 2. The van der Waals surface area contributed by atoms with Crippen LogP contribution >= 0.6 is 23.1 Å². The third kappa shape index (κ3) is 2.54. The predicted molar refractivity (Wildman–Crippen MR) is 103 cm³/mol. The zero-order valence-corrected chi connectivity index (χ0v) is 15.8. The minimum Gasteiger partial charge on any atom is -0.307 e. The van der Waals surface area contributed by atoms with Crippen LogP contribution in [0.4, 0.5) is 10.1 Å². The van der Waals surface area contributed by atoms with Crippen molar-refractivity contribution >= 4 is 40.6 Å². The van der Waals surface area contributed by atoms with Crippen LogP contribution in [0, 0.1) is 11.7 Å². The van der Waals surface area contributed by atoms with E-state index in [1.165, 1.54) is 36.0 Å². The molecule has 2 amide bonds.